The van der Waals surface area contributed by atoms with Crippen LogP contribution in [0.1, 0.15) is 50.8 Å². The van der Waals surface area contributed by atoms with E-state index >= 15 is 0 Å². The standard InChI is InChI=1S/C20H27N3O/c24-20-17-8-4-5-9-18(17)21-19(22-20)12-13-23(16-10-11-16)14-15-6-2-1-3-7-15/h4-5,8-9,15-16H,1-3,6-7,10-14H2,(H,21,22,24). The van der Waals surface area contributed by atoms with Crippen molar-refractivity contribution in [2.24, 2.45) is 5.92 Å². The Morgan fingerprint density at radius 1 is 1.08 bits per heavy atom. The van der Waals surface area contributed by atoms with Gasteiger partial charge in [0.25, 0.3) is 5.56 Å². The van der Waals surface area contributed by atoms with Crippen molar-refractivity contribution in [2.75, 3.05) is 13.1 Å². The molecule has 0 amide bonds. The van der Waals surface area contributed by atoms with Crippen molar-refractivity contribution in [3.8, 4) is 0 Å². The molecule has 4 nitrogen and oxygen atoms in total. The summed E-state index contributed by atoms with van der Waals surface area (Å²) in [6, 6.07) is 8.37. The quantitative estimate of drug-likeness (QED) is 0.884. The van der Waals surface area contributed by atoms with E-state index in [4.69, 9.17) is 0 Å². The van der Waals surface area contributed by atoms with Crippen LogP contribution in [0.5, 0.6) is 0 Å². The lowest BCUT2D eigenvalue weighted by Crippen LogP contribution is -2.34. The van der Waals surface area contributed by atoms with Crippen LogP contribution in [0.25, 0.3) is 10.9 Å². The van der Waals surface area contributed by atoms with Gasteiger partial charge < -0.3 is 4.98 Å². The van der Waals surface area contributed by atoms with Gasteiger partial charge in [-0.1, -0.05) is 31.4 Å². The van der Waals surface area contributed by atoms with E-state index in [2.05, 4.69) is 14.9 Å². The molecule has 0 bridgehead atoms. The molecule has 2 aromatic rings. The second-order valence-electron chi connectivity index (χ2n) is 7.51. The van der Waals surface area contributed by atoms with Crippen molar-refractivity contribution in [1.29, 1.82) is 0 Å². The van der Waals surface area contributed by atoms with Gasteiger partial charge in [0.15, 0.2) is 0 Å². The Morgan fingerprint density at radius 2 is 1.88 bits per heavy atom. The van der Waals surface area contributed by atoms with Crippen LogP contribution in [0.3, 0.4) is 0 Å². The van der Waals surface area contributed by atoms with Gasteiger partial charge in [-0.3, -0.25) is 9.69 Å². The number of nitrogens with zero attached hydrogens (tertiary/aromatic N) is 2. The summed E-state index contributed by atoms with van der Waals surface area (Å²) in [6.45, 7) is 2.25. The molecule has 24 heavy (non-hydrogen) atoms. The van der Waals surface area contributed by atoms with Crippen LogP contribution in [0, 0.1) is 5.92 Å². The summed E-state index contributed by atoms with van der Waals surface area (Å²) in [5, 5.41) is 0.683. The van der Waals surface area contributed by atoms with E-state index in [0.29, 0.717) is 5.39 Å². The van der Waals surface area contributed by atoms with Crippen LogP contribution in [-0.2, 0) is 6.42 Å². The average Bonchev–Trinajstić information content (AvgIpc) is 3.45. The lowest BCUT2D eigenvalue weighted by atomic mass is 9.89. The van der Waals surface area contributed by atoms with Crippen LogP contribution >= 0.6 is 0 Å². The topological polar surface area (TPSA) is 49.0 Å². The van der Waals surface area contributed by atoms with Crippen LogP contribution in [0.4, 0.5) is 0 Å². The van der Waals surface area contributed by atoms with Crippen molar-refractivity contribution >= 4 is 10.9 Å². The van der Waals surface area contributed by atoms with E-state index < -0.39 is 0 Å². The maximum absolute atomic E-state index is 12.2. The van der Waals surface area contributed by atoms with Crippen molar-refractivity contribution in [2.45, 2.75) is 57.4 Å². The molecule has 4 rings (SSSR count). The van der Waals surface area contributed by atoms with Crippen molar-refractivity contribution in [3.05, 3.63) is 40.4 Å². The highest BCUT2D eigenvalue weighted by atomic mass is 16.1. The van der Waals surface area contributed by atoms with E-state index in [9.17, 15) is 4.79 Å². The minimum atomic E-state index is -0.0131. The molecule has 1 N–H and O–H groups in total. The van der Waals surface area contributed by atoms with E-state index in [-0.39, 0.29) is 5.56 Å². The largest absolute Gasteiger partial charge is 0.310 e. The van der Waals surface area contributed by atoms with Gasteiger partial charge in [0.1, 0.15) is 5.82 Å². The lowest BCUT2D eigenvalue weighted by Gasteiger charge is -2.29. The zero-order chi connectivity index (χ0) is 16.4. The third-order valence-electron chi connectivity index (χ3n) is 5.58. The predicted molar refractivity (Wildman–Crippen MR) is 97.2 cm³/mol. The number of hydrogen-bond donors (Lipinski definition) is 1. The average molecular weight is 325 g/mol. The maximum Gasteiger partial charge on any atom is 0.258 e. The molecule has 0 atom stereocenters. The summed E-state index contributed by atoms with van der Waals surface area (Å²) >= 11 is 0. The Balaban J connectivity index is 1.43. The second kappa shape index (κ2) is 7.06. The molecule has 2 saturated carbocycles. The molecule has 0 spiro atoms. The van der Waals surface area contributed by atoms with Crippen LogP contribution in [0.15, 0.2) is 29.1 Å². The second-order valence-corrected chi connectivity index (χ2v) is 7.51. The van der Waals surface area contributed by atoms with Gasteiger partial charge in [-0.2, -0.15) is 0 Å². The summed E-state index contributed by atoms with van der Waals surface area (Å²) < 4.78 is 0. The van der Waals surface area contributed by atoms with Crippen molar-refractivity contribution < 1.29 is 0 Å². The first-order chi connectivity index (χ1) is 11.8. The molecule has 0 aliphatic heterocycles. The summed E-state index contributed by atoms with van der Waals surface area (Å²) in [7, 11) is 0. The molecule has 0 unspecified atom stereocenters. The Hall–Kier alpha value is -1.68. The highest BCUT2D eigenvalue weighted by molar-refractivity contribution is 5.77. The molecule has 0 saturated heterocycles. The number of benzene rings is 1. The van der Waals surface area contributed by atoms with Gasteiger partial charge >= 0.3 is 0 Å². The minimum absolute atomic E-state index is 0.0131. The fourth-order valence-electron chi connectivity index (χ4n) is 4.07. The molecule has 2 aliphatic carbocycles. The van der Waals surface area contributed by atoms with Gasteiger partial charge in [-0.25, -0.2) is 4.98 Å². The fraction of sp³-hybridized carbons (Fsp3) is 0.600. The highest BCUT2D eigenvalue weighted by Gasteiger charge is 2.30. The van der Waals surface area contributed by atoms with Crippen LogP contribution in [0.2, 0.25) is 0 Å². The lowest BCUT2D eigenvalue weighted by molar-refractivity contribution is 0.193. The molecule has 128 valence electrons. The van der Waals surface area contributed by atoms with Gasteiger partial charge in [0, 0.05) is 25.6 Å². The summed E-state index contributed by atoms with van der Waals surface area (Å²) in [5.74, 6) is 1.70. The minimum Gasteiger partial charge on any atom is -0.310 e. The number of aromatic nitrogens is 2. The maximum atomic E-state index is 12.2. The third kappa shape index (κ3) is 3.69. The van der Waals surface area contributed by atoms with Gasteiger partial charge in [-0.15, -0.1) is 0 Å². The third-order valence-corrected chi connectivity index (χ3v) is 5.58. The van der Waals surface area contributed by atoms with E-state index in [0.717, 1.165) is 36.3 Å². The van der Waals surface area contributed by atoms with Crippen LogP contribution < -0.4 is 5.56 Å². The SMILES string of the molecule is O=c1[nH]c(CCN(CC2CCCCC2)C2CC2)nc2ccccc12. The van der Waals surface area contributed by atoms with Gasteiger partial charge in [-0.05, 0) is 43.7 Å². The highest BCUT2D eigenvalue weighted by Crippen LogP contribution is 2.31. The molecular weight excluding hydrogens is 298 g/mol. The number of fused-ring (bicyclic) bond motifs is 1. The molecule has 0 radical (unpaired) electrons. The molecule has 4 heteroatoms. The Morgan fingerprint density at radius 3 is 2.67 bits per heavy atom. The first kappa shape index (κ1) is 15.8. The van der Waals surface area contributed by atoms with Gasteiger partial charge in [0.05, 0.1) is 10.9 Å². The normalized spacial score (nSPS) is 19.2. The molecule has 1 heterocycles. The Labute approximate surface area is 143 Å². The number of para-hydroxylation sites is 1. The van der Waals surface area contributed by atoms with Crippen molar-refractivity contribution in [1.82, 2.24) is 14.9 Å². The van der Waals surface area contributed by atoms with E-state index in [1.165, 1.54) is 51.5 Å². The summed E-state index contributed by atoms with van der Waals surface area (Å²) in [5.41, 5.74) is 0.794. The van der Waals surface area contributed by atoms with Crippen LogP contribution in [-0.4, -0.2) is 34.0 Å². The summed E-state index contributed by atoms with van der Waals surface area (Å²) in [4.78, 5) is 22.5. The van der Waals surface area contributed by atoms with E-state index in [1.807, 2.05) is 24.3 Å². The molecule has 2 aliphatic rings. The summed E-state index contributed by atoms with van der Waals surface area (Å²) in [6.07, 6.45) is 10.5. The molecule has 1 aromatic carbocycles. The predicted octanol–water partition coefficient (Wildman–Crippen LogP) is 3.51. The Kier molecular flexibility index (Phi) is 4.65. The zero-order valence-corrected chi connectivity index (χ0v) is 14.3. The monoisotopic (exact) mass is 325 g/mol. The number of rotatable bonds is 6. The number of hydrogen-bond acceptors (Lipinski definition) is 3. The first-order valence-corrected chi connectivity index (χ1v) is 9.51. The smallest absolute Gasteiger partial charge is 0.258 e. The molecule has 1 aromatic heterocycles. The number of nitrogens with one attached hydrogen (secondary N) is 1. The van der Waals surface area contributed by atoms with Gasteiger partial charge in [0.2, 0.25) is 0 Å². The first-order valence-electron chi connectivity index (χ1n) is 9.51. The molecular formula is C20H27N3O. The van der Waals surface area contributed by atoms with E-state index in [1.54, 1.807) is 0 Å². The molecule has 2 fully saturated rings. The number of H-pyrrole nitrogens is 1. The number of aromatic amines is 1. The zero-order valence-electron chi connectivity index (χ0n) is 14.3. The fourth-order valence-corrected chi connectivity index (χ4v) is 4.07. The Bertz CT molecular complexity index is 744. The van der Waals surface area contributed by atoms with Crippen molar-refractivity contribution in [3.63, 3.8) is 0 Å².